The van der Waals surface area contributed by atoms with Crippen molar-refractivity contribution in [3.05, 3.63) is 23.8 Å². The molecule has 0 radical (unpaired) electrons. The van der Waals surface area contributed by atoms with Gasteiger partial charge in [-0.25, -0.2) is 13.1 Å². The average molecular weight is 328 g/mol. The van der Waals surface area contributed by atoms with Crippen LogP contribution in [0, 0.1) is 6.92 Å². The molecule has 1 rings (SSSR count). The van der Waals surface area contributed by atoms with E-state index in [1.807, 2.05) is 20.8 Å². The first-order valence-electron chi connectivity index (χ1n) is 7.28. The van der Waals surface area contributed by atoms with Gasteiger partial charge in [0.25, 0.3) is 5.91 Å². The van der Waals surface area contributed by atoms with E-state index in [9.17, 15) is 13.2 Å². The minimum absolute atomic E-state index is 0.0503. The van der Waals surface area contributed by atoms with Crippen molar-refractivity contribution in [2.24, 2.45) is 0 Å². The van der Waals surface area contributed by atoms with Crippen molar-refractivity contribution < 1.29 is 17.9 Å². The number of nitrogens with one attached hydrogen (secondary N) is 2. The summed E-state index contributed by atoms with van der Waals surface area (Å²) in [6.45, 7) is 7.67. The molecule has 1 aromatic rings. The third kappa shape index (κ3) is 5.65. The predicted molar refractivity (Wildman–Crippen MR) is 85.4 cm³/mol. The maximum absolute atomic E-state index is 12.0. The Morgan fingerprint density at radius 1 is 1.32 bits per heavy atom. The number of sulfonamides is 1. The van der Waals surface area contributed by atoms with Crippen molar-refractivity contribution in [2.45, 2.75) is 45.1 Å². The van der Waals surface area contributed by atoms with E-state index in [4.69, 9.17) is 4.74 Å². The normalized spacial score (nSPS) is 11.5. The van der Waals surface area contributed by atoms with E-state index in [1.54, 1.807) is 13.0 Å². The molecule has 0 bridgehead atoms. The van der Waals surface area contributed by atoms with Crippen molar-refractivity contribution in [1.29, 1.82) is 0 Å². The van der Waals surface area contributed by atoms with Gasteiger partial charge in [-0.2, -0.15) is 0 Å². The predicted octanol–water partition coefficient (Wildman–Crippen LogP) is 1.59. The molecule has 0 fully saturated rings. The molecule has 22 heavy (non-hydrogen) atoms. The van der Waals surface area contributed by atoms with E-state index in [1.165, 1.54) is 12.1 Å². The Bertz CT molecular complexity index is 612. The van der Waals surface area contributed by atoms with Gasteiger partial charge in [-0.1, -0.05) is 6.92 Å². The number of carbonyl (C=O) groups excluding carboxylic acids is 1. The van der Waals surface area contributed by atoms with Crippen molar-refractivity contribution in [3.8, 4) is 5.75 Å². The third-order valence-electron chi connectivity index (χ3n) is 2.81. The molecular weight excluding hydrogens is 304 g/mol. The van der Waals surface area contributed by atoms with Crippen molar-refractivity contribution in [3.63, 3.8) is 0 Å². The quantitative estimate of drug-likeness (QED) is 0.759. The molecule has 0 spiro atoms. The van der Waals surface area contributed by atoms with E-state index in [2.05, 4.69) is 10.0 Å². The molecule has 7 heteroatoms. The van der Waals surface area contributed by atoms with Gasteiger partial charge in [0.2, 0.25) is 10.0 Å². The number of hydrogen-bond donors (Lipinski definition) is 2. The lowest BCUT2D eigenvalue weighted by Crippen LogP contribution is -2.34. The lowest BCUT2D eigenvalue weighted by molar-refractivity contribution is -0.123. The van der Waals surface area contributed by atoms with Crippen LogP contribution in [0.25, 0.3) is 0 Å². The van der Waals surface area contributed by atoms with Gasteiger partial charge in [0.15, 0.2) is 6.61 Å². The summed E-state index contributed by atoms with van der Waals surface area (Å²) in [5.41, 5.74) is 0.664. The van der Waals surface area contributed by atoms with Gasteiger partial charge in [0.05, 0.1) is 4.90 Å². The summed E-state index contributed by atoms with van der Waals surface area (Å²) in [6, 6.07) is 4.63. The Kier molecular flexibility index (Phi) is 6.83. The maximum atomic E-state index is 12.0. The molecule has 1 amide bonds. The van der Waals surface area contributed by atoms with Gasteiger partial charge in [-0.3, -0.25) is 4.79 Å². The summed E-state index contributed by atoms with van der Waals surface area (Å²) < 4.78 is 32.0. The van der Waals surface area contributed by atoms with Crippen LogP contribution in [0.2, 0.25) is 0 Å². The fourth-order valence-corrected chi connectivity index (χ4v) is 3.00. The number of benzene rings is 1. The Balaban J connectivity index is 2.76. The highest BCUT2D eigenvalue weighted by Gasteiger charge is 2.15. The number of rotatable bonds is 8. The molecule has 0 atom stereocenters. The second-order valence-electron chi connectivity index (χ2n) is 5.34. The number of ether oxygens (including phenoxy) is 1. The van der Waals surface area contributed by atoms with E-state index in [-0.39, 0.29) is 23.5 Å². The molecule has 0 saturated carbocycles. The highest BCUT2D eigenvalue weighted by atomic mass is 32.2. The number of carbonyl (C=O) groups is 1. The van der Waals surface area contributed by atoms with Crippen LogP contribution in [0.5, 0.6) is 5.75 Å². The van der Waals surface area contributed by atoms with Crippen LogP contribution < -0.4 is 14.8 Å². The lowest BCUT2D eigenvalue weighted by atomic mass is 10.2. The zero-order valence-electron chi connectivity index (χ0n) is 13.5. The zero-order valence-corrected chi connectivity index (χ0v) is 14.3. The van der Waals surface area contributed by atoms with Crippen LogP contribution in [-0.4, -0.2) is 33.5 Å². The first-order valence-corrected chi connectivity index (χ1v) is 8.77. The minimum Gasteiger partial charge on any atom is -0.484 e. The fraction of sp³-hybridized carbons (Fsp3) is 0.533. The van der Waals surface area contributed by atoms with Gasteiger partial charge >= 0.3 is 0 Å². The highest BCUT2D eigenvalue weighted by Crippen LogP contribution is 2.21. The Morgan fingerprint density at radius 3 is 2.55 bits per heavy atom. The van der Waals surface area contributed by atoms with Crippen LogP contribution in [0.15, 0.2) is 23.1 Å². The van der Waals surface area contributed by atoms with E-state index in [0.717, 1.165) is 6.42 Å². The van der Waals surface area contributed by atoms with Crippen LogP contribution in [-0.2, 0) is 14.8 Å². The molecule has 1 aromatic carbocycles. The molecule has 0 aromatic heterocycles. The smallest absolute Gasteiger partial charge is 0.258 e. The first kappa shape index (κ1) is 18.4. The van der Waals surface area contributed by atoms with Crippen LogP contribution in [0.1, 0.15) is 32.8 Å². The number of amides is 1. The summed E-state index contributed by atoms with van der Waals surface area (Å²) in [7, 11) is -3.49. The number of hydrogen-bond acceptors (Lipinski definition) is 4. The Hall–Kier alpha value is -1.60. The molecule has 2 N–H and O–H groups in total. The average Bonchev–Trinajstić information content (AvgIpc) is 2.43. The van der Waals surface area contributed by atoms with Gasteiger partial charge in [0.1, 0.15) is 5.75 Å². The Labute approximate surface area is 132 Å². The van der Waals surface area contributed by atoms with Crippen molar-refractivity contribution in [2.75, 3.05) is 13.2 Å². The largest absolute Gasteiger partial charge is 0.484 e. The molecule has 0 unspecified atom stereocenters. The molecule has 0 heterocycles. The van der Waals surface area contributed by atoms with Crippen LogP contribution in [0.3, 0.4) is 0 Å². The lowest BCUT2D eigenvalue weighted by Gasteiger charge is -2.12. The van der Waals surface area contributed by atoms with Crippen molar-refractivity contribution >= 4 is 15.9 Å². The highest BCUT2D eigenvalue weighted by molar-refractivity contribution is 7.89. The molecule has 0 aliphatic carbocycles. The zero-order chi connectivity index (χ0) is 16.8. The fourth-order valence-electron chi connectivity index (χ4n) is 1.78. The summed E-state index contributed by atoms with van der Waals surface area (Å²) >= 11 is 0. The second kappa shape index (κ2) is 8.14. The maximum Gasteiger partial charge on any atom is 0.258 e. The topological polar surface area (TPSA) is 84.5 Å². The molecule has 0 saturated heterocycles. The first-order chi connectivity index (χ1) is 10.3. The monoisotopic (exact) mass is 328 g/mol. The van der Waals surface area contributed by atoms with E-state index < -0.39 is 10.0 Å². The molecule has 6 nitrogen and oxygen atoms in total. The summed E-state index contributed by atoms with van der Waals surface area (Å²) in [4.78, 5) is 11.7. The third-order valence-corrected chi connectivity index (χ3v) is 4.27. The number of aryl methyl sites for hydroxylation is 1. The minimum atomic E-state index is -3.49. The molecule has 0 aliphatic heterocycles. The molecular formula is C15H24N2O4S. The molecule has 124 valence electrons. The van der Waals surface area contributed by atoms with Gasteiger partial charge in [-0.05, 0) is 51.0 Å². The standard InChI is InChI=1S/C15H24N2O4S/c1-5-8-16-22(19,20)13-6-7-14(12(4)9-13)21-10-15(18)17-11(2)3/h6-7,9,11,16H,5,8,10H2,1-4H3,(H,17,18). The summed E-state index contributed by atoms with van der Waals surface area (Å²) in [6.07, 6.45) is 0.727. The van der Waals surface area contributed by atoms with Crippen LogP contribution in [0.4, 0.5) is 0 Å². The summed E-state index contributed by atoms with van der Waals surface area (Å²) in [5.74, 6) is 0.282. The van der Waals surface area contributed by atoms with Gasteiger partial charge < -0.3 is 10.1 Å². The van der Waals surface area contributed by atoms with Crippen LogP contribution >= 0.6 is 0 Å². The molecule has 0 aliphatic rings. The van der Waals surface area contributed by atoms with E-state index >= 15 is 0 Å². The SMILES string of the molecule is CCCNS(=O)(=O)c1ccc(OCC(=O)NC(C)C)c(C)c1. The van der Waals surface area contributed by atoms with Gasteiger partial charge in [0, 0.05) is 12.6 Å². The second-order valence-corrected chi connectivity index (χ2v) is 7.10. The van der Waals surface area contributed by atoms with E-state index in [0.29, 0.717) is 17.9 Å². The summed E-state index contributed by atoms with van der Waals surface area (Å²) in [5, 5.41) is 2.72. The van der Waals surface area contributed by atoms with Gasteiger partial charge in [-0.15, -0.1) is 0 Å². The van der Waals surface area contributed by atoms with Crippen molar-refractivity contribution in [1.82, 2.24) is 10.0 Å². The Morgan fingerprint density at radius 2 is 2.00 bits per heavy atom.